The summed E-state index contributed by atoms with van der Waals surface area (Å²) in [5.41, 5.74) is 7.31. The van der Waals surface area contributed by atoms with E-state index in [0.717, 1.165) is 29.7 Å². The van der Waals surface area contributed by atoms with Gasteiger partial charge in [-0.15, -0.1) is 0 Å². The number of rotatable bonds is 7. The molecule has 38 heavy (non-hydrogen) atoms. The molecule has 3 aromatic carbocycles. The highest BCUT2D eigenvalue weighted by Crippen LogP contribution is 2.23. The Kier molecular flexibility index (Phi) is 8.97. The van der Waals surface area contributed by atoms with E-state index < -0.39 is 12.1 Å². The Morgan fingerprint density at radius 3 is 2.03 bits per heavy atom. The lowest BCUT2D eigenvalue weighted by Crippen LogP contribution is -2.25. The lowest BCUT2D eigenvalue weighted by Gasteiger charge is -2.12. The zero-order valence-electron chi connectivity index (χ0n) is 20.8. The molecule has 1 aliphatic rings. The van der Waals surface area contributed by atoms with Crippen molar-refractivity contribution < 1.29 is 23.1 Å². The largest absolute Gasteiger partial charge is 0.490 e. The van der Waals surface area contributed by atoms with Gasteiger partial charge in [0.1, 0.15) is 0 Å². The number of fused-ring (bicyclic) bond motifs is 1. The number of benzene rings is 3. The number of hydrogen-bond acceptors (Lipinski definition) is 4. The van der Waals surface area contributed by atoms with Gasteiger partial charge >= 0.3 is 12.1 Å². The van der Waals surface area contributed by atoms with E-state index in [1.807, 2.05) is 12.3 Å². The highest BCUT2D eigenvalue weighted by atomic mass is 19.4. The molecule has 5 rings (SSSR count). The first-order chi connectivity index (χ1) is 18.3. The number of carbonyl (C=O) groups is 1. The fourth-order valence-electron chi connectivity index (χ4n) is 4.41. The lowest BCUT2D eigenvalue weighted by molar-refractivity contribution is -0.192. The minimum Gasteiger partial charge on any atom is -0.475 e. The van der Waals surface area contributed by atoms with Crippen LogP contribution in [0.25, 0.3) is 22.0 Å². The van der Waals surface area contributed by atoms with Crippen molar-refractivity contribution in [3.05, 3.63) is 96.2 Å². The zero-order chi connectivity index (χ0) is 27.0. The predicted octanol–water partition coefficient (Wildman–Crippen LogP) is 7.18. The van der Waals surface area contributed by atoms with E-state index in [2.05, 4.69) is 88.4 Å². The maximum atomic E-state index is 10.6. The standard InChI is InChI=1S/C28H29N3.C2HF3O2/c1-2-6-26(5-1)30-19-21-7-11-23(12-8-21)24-13-9-22(10-14-24)20-31-27-15-16-28-25(18-27)4-3-17-29-28;3-2(4,5)1(6)7/h3-4,7-18,26,30-31H,1-2,5-6,19-20H2;(H,6,7). The number of anilines is 1. The average molecular weight is 522 g/mol. The van der Waals surface area contributed by atoms with Crippen molar-refractivity contribution in [2.75, 3.05) is 5.32 Å². The molecule has 1 heterocycles. The molecule has 1 aliphatic carbocycles. The third kappa shape index (κ3) is 7.79. The topological polar surface area (TPSA) is 74.2 Å². The summed E-state index contributed by atoms with van der Waals surface area (Å²) in [5, 5.41) is 15.5. The number of pyridine rings is 1. The number of hydrogen-bond donors (Lipinski definition) is 3. The van der Waals surface area contributed by atoms with Gasteiger partial charge < -0.3 is 15.7 Å². The van der Waals surface area contributed by atoms with Gasteiger partial charge in [0, 0.05) is 36.4 Å². The van der Waals surface area contributed by atoms with Crippen molar-refractivity contribution >= 4 is 22.6 Å². The second-order valence-electron chi connectivity index (χ2n) is 9.32. The molecule has 0 amide bonds. The van der Waals surface area contributed by atoms with Crippen LogP contribution in [0.15, 0.2) is 85.1 Å². The quantitative estimate of drug-likeness (QED) is 0.240. The predicted molar refractivity (Wildman–Crippen MR) is 144 cm³/mol. The van der Waals surface area contributed by atoms with E-state index in [0.29, 0.717) is 6.04 Å². The van der Waals surface area contributed by atoms with Crippen molar-refractivity contribution in [3.8, 4) is 11.1 Å². The molecular weight excluding hydrogens is 491 g/mol. The van der Waals surface area contributed by atoms with Crippen LogP contribution in [0, 0.1) is 0 Å². The Hall–Kier alpha value is -3.91. The van der Waals surface area contributed by atoms with Gasteiger partial charge in [0.05, 0.1) is 5.52 Å². The van der Waals surface area contributed by atoms with Crippen LogP contribution in [0.5, 0.6) is 0 Å². The fourth-order valence-corrected chi connectivity index (χ4v) is 4.41. The third-order valence-corrected chi connectivity index (χ3v) is 6.53. The summed E-state index contributed by atoms with van der Waals surface area (Å²) in [4.78, 5) is 13.3. The van der Waals surface area contributed by atoms with Crippen LogP contribution < -0.4 is 10.6 Å². The molecule has 0 spiro atoms. The first-order valence-electron chi connectivity index (χ1n) is 12.6. The molecule has 0 unspecified atom stereocenters. The van der Waals surface area contributed by atoms with E-state index in [-0.39, 0.29) is 0 Å². The van der Waals surface area contributed by atoms with Crippen molar-refractivity contribution in [2.45, 2.75) is 51.0 Å². The van der Waals surface area contributed by atoms with Gasteiger partial charge in [-0.05, 0) is 59.4 Å². The summed E-state index contributed by atoms with van der Waals surface area (Å²) >= 11 is 0. The van der Waals surface area contributed by atoms with Gasteiger partial charge in [0.25, 0.3) is 0 Å². The Morgan fingerprint density at radius 1 is 0.868 bits per heavy atom. The molecule has 5 nitrogen and oxygen atoms in total. The molecule has 0 bridgehead atoms. The van der Waals surface area contributed by atoms with Crippen LogP contribution in [-0.4, -0.2) is 28.3 Å². The van der Waals surface area contributed by atoms with Crippen molar-refractivity contribution in [1.82, 2.24) is 10.3 Å². The number of nitrogens with one attached hydrogen (secondary N) is 2. The van der Waals surface area contributed by atoms with Crippen LogP contribution >= 0.6 is 0 Å². The molecule has 8 heteroatoms. The Morgan fingerprint density at radius 2 is 1.45 bits per heavy atom. The summed E-state index contributed by atoms with van der Waals surface area (Å²) < 4.78 is 31.7. The van der Waals surface area contributed by atoms with Gasteiger partial charge in [-0.3, -0.25) is 4.98 Å². The van der Waals surface area contributed by atoms with Crippen LogP contribution in [-0.2, 0) is 17.9 Å². The van der Waals surface area contributed by atoms with Gasteiger partial charge in [0.15, 0.2) is 0 Å². The van der Waals surface area contributed by atoms with Gasteiger partial charge in [0.2, 0.25) is 0 Å². The van der Waals surface area contributed by atoms with Crippen molar-refractivity contribution in [1.29, 1.82) is 0 Å². The van der Waals surface area contributed by atoms with Crippen LogP contribution in [0.1, 0.15) is 36.8 Å². The molecule has 4 aromatic rings. The molecule has 0 atom stereocenters. The van der Waals surface area contributed by atoms with Crippen molar-refractivity contribution in [3.63, 3.8) is 0 Å². The molecule has 1 fully saturated rings. The number of alkyl halides is 3. The molecule has 3 N–H and O–H groups in total. The number of aliphatic carboxylic acids is 1. The molecule has 198 valence electrons. The Labute approximate surface area is 219 Å². The maximum absolute atomic E-state index is 10.6. The average Bonchev–Trinajstić information content (AvgIpc) is 3.45. The van der Waals surface area contributed by atoms with Crippen LogP contribution in [0.3, 0.4) is 0 Å². The van der Waals surface area contributed by atoms with E-state index >= 15 is 0 Å². The molecular formula is C30H30F3N3O2. The zero-order valence-corrected chi connectivity index (χ0v) is 20.8. The number of carboxylic acid groups (broad SMARTS) is 1. The van der Waals surface area contributed by atoms with Gasteiger partial charge in [-0.2, -0.15) is 13.2 Å². The van der Waals surface area contributed by atoms with Crippen LogP contribution in [0.4, 0.5) is 18.9 Å². The SMILES string of the molecule is O=C(O)C(F)(F)F.c1cnc2ccc(NCc3ccc(-c4ccc(CNC5CCCC5)cc4)cc3)cc2c1. The van der Waals surface area contributed by atoms with Gasteiger partial charge in [-0.25, -0.2) is 4.79 Å². The number of halogens is 3. The normalized spacial score (nSPS) is 13.7. The smallest absolute Gasteiger partial charge is 0.475 e. The molecule has 1 saturated carbocycles. The van der Waals surface area contributed by atoms with E-state index in [9.17, 15) is 13.2 Å². The Bertz CT molecular complexity index is 1330. The first-order valence-corrected chi connectivity index (χ1v) is 12.6. The monoisotopic (exact) mass is 521 g/mol. The van der Waals surface area contributed by atoms with E-state index in [4.69, 9.17) is 9.90 Å². The summed E-state index contributed by atoms with van der Waals surface area (Å²) in [6.07, 6.45) is 2.16. The minimum atomic E-state index is -5.08. The van der Waals surface area contributed by atoms with E-state index in [1.165, 1.54) is 47.9 Å². The van der Waals surface area contributed by atoms with Crippen molar-refractivity contribution in [2.24, 2.45) is 0 Å². The summed E-state index contributed by atoms with van der Waals surface area (Å²) in [5.74, 6) is -2.76. The summed E-state index contributed by atoms with van der Waals surface area (Å²) in [7, 11) is 0. The lowest BCUT2D eigenvalue weighted by atomic mass is 10.0. The Balaban J connectivity index is 0.000000426. The highest BCUT2D eigenvalue weighted by Gasteiger charge is 2.38. The van der Waals surface area contributed by atoms with Crippen LogP contribution in [0.2, 0.25) is 0 Å². The molecule has 1 aromatic heterocycles. The molecule has 0 aliphatic heterocycles. The van der Waals surface area contributed by atoms with E-state index in [1.54, 1.807) is 0 Å². The maximum Gasteiger partial charge on any atom is 0.490 e. The first kappa shape index (κ1) is 27.1. The minimum absolute atomic E-state index is 0.715. The van der Waals surface area contributed by atoms with Gasteiger partial charge in [-0.1, -0.05) is 67.4 Å². The second-order valence-corrected chi connectivity index (χ2v) is 9.32. The molecule has 0 saturated heterocycles. The third-order valence-electron chi connectivity index (χ3n) is 6.53. The summed E-state index contributed by atoms with van der Waals surface area (Å²) in [6.45, 7) is 1.78. The number of nitrogens with zero attached hydrogens (tertiary/aromatic N) is 1. The second kappa shape index (κ2) is 12.6. The number of carboxylic acids is 1. The molecule has 0 radical (unpaired) electrons. The summed E-state index contributed by atoms with van der Waals surface area (Å²) in [6, 6.07) is 28.9. The fraction of sp³-hybridized carbons (Fsp3) is 0.267. The highest BCUT2D eigenvalue weighted by molar-refractivity contribution is 5.82. The number of aromatic nitrogens is 1.